The molecule has 2 saturated heterocycles. The molecule has 0 bridgehead atoms. The molecule has 1 aliphatic carbocycles. The van der Waals surface area contributed by atoms with Gasteiger partial charge in [-0.3, -0.25) is 4.79 Å². The number of para-hydroxylation sites is 1. The lowest BCUT2D eigenvalue weighted by Crippen LogP contribution is -2.52. The van der Waals surface area contributed by atoms with Gasteiger partial charge < -0.3 is 24.2 Å². The largest absolute Gasteiger partial charge is 0.496 e. The van der Waals surface area contributed by atoms with E-state index in [1.807, 2.05) is 35.4 Å². The number of methoxy groups -OCH3 is 1. The van der Waals surface area contributed by atoms with Gasteiger partial charge in [0.15, 0.2) is 5.82 Å². The number of carbonyl (C=O) groups excluding carboxylic acids is 1. The average molecular weight is 424 g/mol. The molecule has 31 heavy (non-hydrogen) atoms. The molecular weight excluding hydrogens is 394 g/mol. The lowest BCUT2D eigenvalue weighted by Gasteiger charge is -2.37. The van der Waals surface area contributed by atoms with Crippen LogP contribution in [-0.2, 0) is 14.9 Å². The van der Waals surface area contributed by atoms with E-state index in [4.69, 9.17) is 9.47 Å². The standard InChI is InChI=1S/C23H29N5O3/c1-30-20-5-3-2-4-19(20)23(6-7-23)22(29)28-10-8-27(9-11-28)21-16-18(17-24-25-21)26-12-14-31-15-13-26/h2-5,16-17H,6-15H2,1H3. The minimum absolute atomic E-state index is 0.227. The minimum atomic E-state index is -0.412. The van der Waals surface area contributed by atoms with Gasteiger partial charge in [-0.15, -0.1) is 5.10 Å². The Kier molecular flexibility index (Phi) is 5.40. The van der Waals surface area contributed by atoms with Crippen molar-refractivity contribution in [3.63, 3.8) is 0 Å². The Hall–Kier alpha value is -2.87. The van der Waals surface area contributed by atoms with Gasteiger partial charge in [0.05, 0.1) is 37.6 Å². The second-order valence-electron chi connectivity index (χ2n) is 8.43. The summed E-state index contributed by atoms with van der Waals surface area (Å²) in [6.45, 7) is 6.14. The van der Waals surface area contributed by atoms with Gasteiger partial charge in [0, 0.05) is 50.9 Å². The van der Waals surface area contributed by atoms with Gasteiger partial charge in [-0.25, -0.2) is 0 Å². The molecule has 3 fully saturated rings. The number of nitrogens with zero attached hydrogens (tertiary/aromatic N) is 5. The number of amides is 1. The number of hydrogen-bond donors (Lipinski definition) is 0. The Labute approximate surface area is 182 Å². The molecule has 1 saturated carbocycles. The van der Waals surface area contributed by atoms with Crippen molar-refractivity contribution in [2.75, 3.05) is 69.4 Å². The van der Waals surface area contributed by atoms with E-state index in [1.54, 1.807) is 7.11 Å². The van der Waals surface area contributed by atoms with Crippen LogP contribution in [-0.4, -0.2) is 80.6 Å². The minimum Gasteiger partial charge on any atom is -0.496 e. The molecule has 1 aromatic heterocycles. The predicted molar refractivity (Wildman–Crippen MR) is 118 cm³/mol. The van der Waals surface area contributed by atoms with Gasteiger partial charge in [-0.05, 0) is 18.9 Å². The zero-order valence-electron chi connectivity index (χ0n) is 18.0. The van der Waals surface area contributed by atoms with E-state index in [0.29, 0.717) is 13.1 Å². The van der Waals surface area contributed by atoms with Crippen molar-refractivity contribution in [3.8, 4) is 5.75 Å². The van der Waals surface area contributed by atoms with E-state index >= 15 is 0 Å². The third kappa shape index (κ3) is 3.80. The second kappa shape index (κ2) is 8.34. The molecule has 0 spiro atoms. The predicted octanol–water partition coefficient (Wildman–Crippen LogP) is 1.70. The van der Waals surface area contributed by atoms with Gasteiger partial charge in [0.25, 0.3) is 0 Å². The van der Waals surface area contributed by atoms with Crippen molar-refractivity contribution in [1.29, 1.82) is 0 Å². The Balaban J connectivity index is 1.25. The van der Waals surface area contributed by atoms with E-state index in [0.717, 1.165) is 75.1 Å². The summed E-state index contributed by atoms with van der Waals surface area (Å²) >= 11 is 0. The molecule has 2 aromatic rings. The number of piperazine rings is 1. The molecular formula is C23H29N5O3. The number of carbonyl (C=O) groups is 1. The molecule has 0 radical (unpaired) electrons. The Morgan fingerprint density at radius 1 is 1.03 bits per heavy atom. The first-order valence-corrected chi connectivity index (χ1v) is 11.0. The van der Waals surface area contributed by atoms with Crippen molar-refractivity contribution in [1.82, 2.24) is 15.1 Å². The van der Waals surface area contributed by atoms with Crippen LogP contribution >= 0.6 is 0 Å². The van der Waals surface area contributed by atoms with Crippen LogP contribution < -0.4 is 14.5 Å². The van der Waals surface area contributed by atoms with Crippen molar-refractivity contribution < 1.29 is 14.3 Å². The molecule has 0 unspecified atom stereocenters. The van der Waals surface area contributed by atoms with Crippen LogP contribution in [0.5, 0.6) is 5.75 Å². The molecule has 164 valence electrons. The number of anilines is 2. The van der Waals surface area contributed by atoms with Gasteiger partial charge in [-0.2, -0.15) is 5.10 Å². The van der Waals surface area contributed by atoms with Crippen LogP contribution in [0.2, 0.25) is 0 Å². The molecule has 1 aromatic carbocycles. The van der Waals surface area contributed by atoms with Crippen molar-refractivity contribution in [2.24, 2.45) is 0 Å². The fourth-order valence-corrected chi connectivity index (χ4v) is 4.70. The highest BCUT2D eigenvalue weighted by molar-refractivity contribution is 5.92. The molecule has 8 heteroatoms. The summed E-state index contributed by atoms with van der Waals surface area (Å²) < 4.78 is 11.0. The van der Waals surface area contributed by atoms with Gasteiger partial charge in [-0.1, -0.05) is 18.2 Å². The number of benzene rings is 1. The quantitative estimate of drug-likeness (QED) is 0.725. The molecule has 5 rings (SSSR count). The number of ether oxygens (including phenoxy) is 2. The fraction of sp³-hybridized carbons (Fsp3) is 0.522. The SMILES string of the molecule is COc1ccccc1C1(C(=O)N2CCN(c3cc(N4CCOCC4)cnn3)CC2)CC1. The third-order valence-electron chi connectivity index (χ3n) is 6.68. The highest BCUT2D eigenvalue weighted by atomic mass is 16.5. The molecule has 2 aliphatic heterocycles. The van der Waals surface area contributed by atoms with E-state index in [1.165, 1.54) is 0 Å². The van der Waals surface area contributed by atoms with Crippen molar-refractivity contribution in [3.05, 3.63) is 42.1 Å². The van der Waals surface area contributed by atoms with E-state index < -0.39 is 5.41 Å². The maximum absolute atomic E-state index is 13.5. The highest BCUT2D eigenvalue weighted by Gasteiger charge is 2.54. The number of hydrogen-bond acceptors (Lipinski definition) is 7. The Morgan fingerprint density at radius 3 is 2.48 bits per heavy atom. The van der Waals surface area contributed by atoms with Crippen LogP contribution in [0.3, 0.4) is 0 Å². The highest BCUT2D eigenvalue weighted by Crippen LogP contribution is 2.52. The molecule has 3 heterocycles. The lowest BCUT2D eigenvalue weighted by atomic mass is 9.93. The summed E-state index contributed by atoms with van der Waals surface area (Å²) in [4.78, 5) is 20.0. The summed E-state index contributed by atoms with van der Waals surface area (Å²) in [7, 11) is 1.67. The summed E-state index contributed by atoms with van der Waals surface area (Å²) in [5, 5.41) is 8.59. The van der Waals surface area contributed by atoms with E-state index in [9.17, 15) is 4.79 Å². The first-order valence-electron chi connectivity index (χ1n) is 11.0. The summed E-state index contributed by atoms with van der Waals surface area (Å²) in [6.07, 6.45) is 3.59. The van der Waals surface area contributed by atoms with Gasteiger partial charge >= 0.3 is 0 Å². The van der Waals surface area contributed by atoms with Gasteiger partial charge in [0.1, 0.15) is 5.75 Å². The topological polar surface area (TPSA) is 71.0 Å². The van der Waals surface area contributed by atoms with E-state index in [2.05, 4.69) is 26.1 Å². The summed E-state index contributed by atoms with van der Waals surface area (Å²) in [5.41, 5.74) is 1.69. The van der Waals surface area contributed by atoms with Crippen LogP contribution in [0, 0.1) is 0 Å². The molecule has 1 amide bonds. The maximum atomic E-state index is 13.5. The lowest BCUT2D eigenvalue weighted by molar-refractivity contribution is -0.134. The number of morpholine rings is 1. The van der Waals surface area contributed by atoms with Crippen LogP contribution in [0.25, 0.3) is 0 Å². The zero-order chi connectivity index (χ0) is 21.3. The van der Waals surface area contributed by atoms with Crippen LogP contribution in [0.15, 0.2) is 36.5 Å². The van der Waals surface area contributed by atoms with Crippen LogP contribution in [0.1, 0.15) is 18.4 Å². The Bertz CT molecular complexity index is 934. The average Bonchev–Trinajstić information content (AvgIpc) is 3.66. The monoisotopic (exact) mass is 423 g/mol. The maximum Gasteiger partial charge on any atom is 0.233 e. The summed E-state index contributed by atoms with van der Waals surface area (Å²) in [5.74, 6) is 1.91. The van der Waals surface area contributed by atoms with Gasteiger partial charge in [0.2, 0.25) is 5.91 Å². The second-order valence-corrected chi connectivity index (χ2v) is 8.43. The summed E-state index contributed by atoms with van der Waals surface area (Å²) in [6, 6.07) is 10.0. The Morgan fingerprint density at radius 2 is 1.77 bits per heavy atom. The number of aromatic nitrogens is 2. The zero-order valence-corrected chi connectivity index (χ0v) is 18.0. The number of rotatable bonds is 5. The first kappa shape index (κ1) is 20.1. The normalized spacial score (nSPS) is 20.5. The fourth-order valence-electron chi connectivity index (χ4n) is 4.70. The van der Waals surface area contributed by atoms with E-state index in [-0.39, 0.29) is 5.91 Å². The van der Waals surface area contributed by atoms with Crippen molar-refractivity contribution >= 4 is 17.4 Å². The van der Waals surface area contributed by atoms with Crippen molar-refractivity contribution in [2.45, 2.75) is 18.3 Å². The molecule has 0 atom stereocenters. The molecule has 8 nitrogen and oxygen atoms in total. The smallest absolute Gasteiger partial charge is 0.233 e. The first-order chi connectivity index (χ1) is 15.2. The third-order valence-corrected chi connectivity index (χ3v) is 6.68. The molecule has 3 aliphatic rings. The molecule has 0 N–H and O–H groups in total. The van der Waals surface area contributed by atoms with Crippen LogP contribution in [0.4, 0.5) is 11.5 Å².